The molecule has 2 aliphatic rings. The summed E-state index contributed by atoms with van der Waals surface area (Å²) in [5, 5.41) is 9.58. The molecule has 2 aliphatic heterocycles. The summed E-state index contributed by atoms with van der Waals surface area (Å²) in [5.74, 6) is 1.64. The van der Waals surface area contributed by atoms with Gasteiger partial charge in [-0.15, -0.1) is 0 Å². The van der Waals surface area contributed by atoms with E-state index in [1.807, 2.05) is 24.9 Å². The van der Waals surface area contributed by atoms with E-state index < -0.39 is 12.1 Å². The summed E-state index contributed by atoms with van der Waals surface area (Å²) in [5.41, 5.74) is 5.98. The van der Waals surface area contributed by atoms with Crippen LogP contribution in [0, 0.1) is 11.8 Å². The Labute approximate surface area is 319 Å². The van der Waals surface area contributed by atoms with Crippen molar-refractivity contribution in [2.24, 2.45) is 11.8 Å². The van der Waals surface area contributed by atoms with Gasteiger partial charge in [0.2, 0.25) is 11.8 Å². The zero-order valence-corrected chi connectivity index (χ0v) is 32.7. The van der Waals surface area contributed by atoms with Crippen LogP contribution in [0.3, 0.4) is 0 Å². The van der Waals surface area contributed by atoms with Crippen LogP contribution in [0.25, 0.3) is 33.6 Å². The first kappa shape index (κ1) is 38.7. The number of aromatic amines is 2. The summed E-state index contributed by atoms with van der Waals surface area (Å²) < 4.78 is 0. The largest absolute Gasteiger partial charge is 0.465 e. The van der Waals surface area contributed by atoms with E-state index in [0.29, 0.717) is 12.4 Å². The van der Waals surface area contributed by atoms with Gasteiger partial charge in [0.15, 0.2) is 0 Å². The van der Waals surface area contributed by atoms with Crippen molar-refractivity contribution in [2.45, 2.75) is 91.4 Å². The van der Waals surface area contributed by atoms with Gasteiger partial charge in [-0.25, -0.2) is 14.8 Å². The molecule has 2 saturated heterocycles. The van der Waals surface area contributed by atoms with Gasteiger partial charge >= 0.3 is 6.09 Å². The molecule has 0 bridgehead atoms. The van der Waals surface area contributed by atoms with Gasteiger partial charge < -0.3 is 24.9 Å². The normalized spacial score (nSPS) is 18.6. The Balaban J connectivity index is 1.12. The number of carbonyl (C=O) groups is 3. The Bertz CT molecular complexity index is 1900. The lowest BCUT2D eigenvalue weighted by molar-refractivity contribution is -0.140. The molecule has 6 rings (SSSR count). The van der Waals surface area contributed by atoms with Crippen molar-refractivity contribution in [3.8, 4) is 33.6 Å². The molecule has 0 saturated carbocycles. The Morgan fingerprint density at radius 1 is 0.704 bits per heavy atom. The van der Waals surface area contributed by atoms with E-state index in [9.17, 15) is 19.5 Å². The molecule has 1 unspecified atom stereocenters. The zero-order chi connectivity index (χ0) is 38.7. The number of nitrogens with one attached hydrogen (secondary N) is 2. The van der Waals surface area contributed by atoms with E-state index in [2.05, 4.69) is 96.1 Å². The van der Waals surface area contributed by atoms with Gasteiger partial charge in [0.1, 0.15) is 17.7 Å². The van der Waals surface area contributed by atoms with E-state index in [1.54, 1.807) is 11.1 Å². The molecular formula is C42H56N8O4. The number of aromatic nitrogens is 4. The minimum atomic E-state index is -1.11. The van der Waals surface area contributed by atoms with Crippen LogP contribution in [0.5, 0.6) is 0 Å². The summed E-state index contributed by atoms with van der Waals surface area (Å²) in [6.07, 6.45) is 6.04. The van der Waals surface area contributed by atoms with Gasteiger partial charge in [-0.2, -0.15) is 0 Å². The molecule has 2 aromatic heterocycles. The number of carboxylic acid groups (broad SMARTS) is 1. The van der Waals surface area contributed by atoms with Gasteiger partial charge in [-0.1, -0.05) is 90.1 Å². The highest BCUT2D eigenvalue weighted by Crippen LogP contribution is 2.36. The van der Waals surface area contributed by atoms with E-state index >= 15 is 0 Å². The molecule has 4 atom stereocenters. The number of nitrogens with zero attached hydrogens (tertiary/aromatic N) is 6. The fourth-order valence-corrected chi connectivity index (χ4v) is 8.46. The second kappa shape index (κ2) is 16.6. The molecule has 0 spiro atoms. The molecule has 2 aromatic carbocycles. The highest BCUT2D eigenvalue weighted by molar-refractivity contribution is 5.86. The van der Waals surface area contributed by atoms with Crippen molar-refractivity contribution in [2.75, 3.05) is 33.2 Å². The van der Waals surface area contributed by atoms with Gasteiger partial charge in [-0.05, 0) is 72.9 Å². The van der Waals surface area contributed by atoms with Crippen LogP contribution in [-0.4, -0.2) is 108 Å². The predicted molar refractivity (Wildman–Crippen MR) is 210 cm³/mol. The molecule has 3 amide bonds. The zero-order valence-electron chi connectivity index (χ0n) is 32.7. The van der Waals surface area contributed by atoms with Gasteiger partial charge in [0.25, 0.3) is 0 Å². The second-order valence-corrected chi connectivity index (χ2v) is 15.4. The number of imidazole rings is 2. The van der Waals surface area contributed by atoms with E-state index in [4.69, 9.17) is 4.98 Å². The summed E-state index contributed by atoms with van der Waals surface area (Å²) in [4.78, 5) is 62.8. The summed E-state index contributed by atoms with van der Waals surface area (Å²) in [6.45, 7) is 15.3. The minimum Gasteiger partial charge on any atom is -0.465 e. The number of rotatable bonds is 13. The Morgan fingerprint density at radius 3 is 1.46 bits per heavy atom. The maximum atomic E-state index is 13.9. The maximum absolute atomic E-state index is 13.9. The number of benzene rings is 2. The molecule has 0 aliphatic carbocycles. The van der Waals surface area contributed by atoms with Crippen molar-refractivity contribution < 1.29 is 19.5 Å². The fourth-order valence-electron chi connectivity index (χ4n) is 8.46. The lowest BCUT2D eigenvalue weighted by atomic mass is 10.00. The van der Waals surface area contributed by atoms with Crippen molar-refractivity contribution in [3.05, 3.63) is 72.6 Å². The lowest BCUT2D eigenvalue weighted by Crippen LogP contribution is -2.51. The number of likely N-dealkylation sites (N-methyl/N-ethyl adjacent to an activating group) is 2. The third kappa shape index (κ3) is 7.80. The number of carbonyl (C=O) groups excluding carboxylic acids is 2. The fraction of sp³-hybridized carbons (Fsp3) is 0.500. The summed E-state index contributed by atoms with van der Waals surface area (Å²) in [6, 6.07) is 15.6. The van der Waals surface area contributed by atoms with E-state index in [0.717, 1.165) is 89.7 Å². The van der Waals surface area contributed by atoms with Crippen LogP contribution in [-0.2, 0) is 9.59 Å². The SMILES string of the molecule is CCN(CC)[C@@H](C(=O)N1CCCC1c1ncc(-c2ccc(-c3ccc(-c4cnc([C@@H]5CCCN5C(=O)[C@H](C(C)C)N(C)C(=O)O)[nH]4)cc3)cc2)[nH]1)C(C)C. The van der Waals surface area contributed by atoms with Crippen LogP contribution in [0.1, 0.15) is 91.0 Å². The van der Waals surface area contributed by atoms with Gasteiger partial charge in [-0.3, -0.25) is 19.4 Å². The van der Waals surface area contributed by atoms with Gasteiger partial charge in [0, 0.05) is 20.1 Å². The van der Waals surface area contributed by atoms with Crippen molar-refractivity contribution in [1.82, 2.24) is 39.5 Å². The highest BCUT2D eigenvalue weighted by Gasteiger charge is 2.40. The van der Waals surface area contributed by atoms with E-state index in [-0.39, 0.29) is 41.8 Å². The number of amides is 3. The average molecular weight is 737 g/mol. The summed E-state index contributed by atoms with van der Waals surface area (Å²) >= 11 is 0. The number of likely N-dealkylation sites (tertiary alicyclic amines) is 2. The molecule has 54 heavy (non-hydrogen) atoms. The number of hydrogen-bond acceptors (Lipinski definition) is 6. The van der Waals surface area contributed by atoms with Crippen LogP contribution in [0.15, 0.2) is 60.9 Å². The van der Waals surface area contributed by atoms with Gasteiger partial charge in [0.05, 0.1) is 41.9 Å². The molecule has 288 valence electrons. The third-order valence-electron chi connectivity index (χ3n) is 11.3. The smallest absolute Gasteiger partial charge is 0.407 e. The Kier molecular flexibility index (Phi) is 11.9. The quantitative estimate of drug-likeness (QED) is 0.129. The minimum absolute atomic E-state index is 0.0468. The molecule has 12 heteroatoms. The molecule has 4 heterocycles. The first-order chi connectivity index (χ1) is 25.9. The second-order valence-electron chi connectivity index (χ2n) is 15.4. The van der Waals surface area contributed by atoms with Crippen LogP contribution in [0.2, 0.25) is 0 Å². The molecule has 12 nitrogen and oxygen atoms in total. The third-order valence-corrected chi connectivity index (χ3v) is 11.3. The molecule has 0 radical (unpaired) electrons. The predicted octanol–water partition coefficient (Wildman–Crippen LogP) is 7.46. The van der Waals surface area contributed by atoms with Crippen LogP contribution >= 0.6 is 0 Å². The summed E-state index contributed by atoms with van der Waals surface area (Å²) in [7, 11) is 1.46. The lowest BCUT2D eigenvalue weighted by Gasteiger charge is -2.36. The first-order valence-electron chi connectivity index (χ1n) is 19.5. The van der Waals surface area contributed by atoms with E-state index in [1.165, 1.54) is 7.05 Å². The maximum Gasteiger partial charge on any atom is 0.407 e. The molecule has 3 N–H and O–H groups in total. The highest BCUT2D eigenvalue weighted by atomic mass is 16.4. The standard InChI is InChI=1S/C42H56N8O4/c1-8-48(9-2)37(27(5)6)41(52)50-23-11-13-35(50)39-44-25-33(46-39)31-20-16-29(17-21-31)28-14-18-30(19-15-28)32-24-43-38(45-32)34-12-10-22-49(34)40(51)36(26(3)4)47(7)42(53)54/h14-21,24-27,34-37H,8-13,22-23H2,1-7H3,(H,43,45)(H,44,46)(H,53,54)/t34-,35?,36-,37+/m0/s1. The molecule has 4 aromatic rings. The van der Waals surface area contributed by atoms with Crippen molar-refractivity contribution in [3.63, 3.8) is 0 Å². The van der Waals surface area contributed by atoms with Crippen molar-refractivity contribution >= 4 is 17.9 Å². The molecule has 2 fully saturated rings. The molecular weight excluding hydrogens is 681 g/mol. The van der Waals surface area contributed by atoms with Crippen LogP contribution < -0.4 is 0 Å². The average Bonchev–Trinajstić information content (AvgIpc) is 4.00. The number of H-pyrrole nitrogens is 2. The topological polar surface area (TPSA) is 142 Å². The first-order valence-corrected chi connectivity index (χ1v) is 19.5. The van der Waals surface area contributed by atoms with Crippen molar-refractivity contribution in [1.29, 1.82) is 0 Å². The number of hydrogen-bond donors (Lipinski definition) is 3. The Morgan fingerprint density at radius 2 is 1.09 bits per heavy atom. The monoisotopic (exact) mass is 736 g/mol. The van der Waals surface area contributed by atoms with Crippen LogP contribution in [0.4, 0.5) is 4.79 Å². The Hall–Kier alpha value is -4.97.